The summed E-state index contributed by atoms with van der Waals surface area (Å²) >= 11 is 0. The van der Waals surface area contributed by atoms with Gasteiger partial charge in [-0.2, -0.15) is 0 Å². The summed E-state index contributed by atoms with van der Waals surface area (Å²) in [7, 11) is 0. The maximum Gasteiger partial charge on any atom is 0.254 e. The quantitative estimate of drug-likeness (QED) is 0.519. The number of furan rings is 1. The number of ether oxygens (including phenoxy) is 2. The smallest absolute Gasteiger partial charge is 0.254 e. The lowest BCUT2D eigenvalue weighted by atomic mass is 10.1. The Balaban J connectivity index is 1.35. The fourth-order valence-corrected chi connectivity index (χ4v) is 3.84. The topological polar surface area (TPSA) is 72.2 Å². The van der Waals surface area contributed by atoms with Crippen molar-refractivity contribution in [2.45, 2.75) is 32.0 Å². The van der Waals surface area contributed by atoms with E-state index in [0.717, 1.165) is 18.4 Å². The van der Waals surface area contributed by atoms with Gasteiger partial charge in [-0.05, 0) is 66.9 Å². The van der Waals surface area contributed by atoms with E-state index in [-0.39, 0.29) is 37.7 Å². The first-order valence-electron chi connectivity index (χ1n) is 10.8. The molecular weight excluding hydrogens is 427 g/mol. The highest BCUT2D eigenvalue weighted by molar-refractivity contribution is 5.97. The van der Waals surface area contributed by atoms with E-state index >= 15 is 0 Å². The Hall–Kier alpha value is -3.81. The molecule has 2 amide bonds. The molecule has 8 heteroatoms. The molecule has 170 valence electrons. The van der Waals surface area contributed by atoms with Crippen LogP contribution >= 0.6 is 0 Å². The molecule has 1 aliphatic carbocycles. The summed E-state index contributed by atoms with van der Waals surface area (Å²) in [6, 6.07) is 14.6. The number of carbonyl (C=O) groups excluding carboxylic acids is 2. The van der Waals surface area contributed by atoms with Crippen LogP contribution in [0.4, 0.5) is 4.39 Å². The molecule has 1 fully saturated rings. The van der Waals surface area contributed by atoms with E-state index in [1.165, 1.54) is 24.3 Å². The van der Waals surface area contributed by atoms with E-state index in [4.69, 9.17) is 13.9 Å². The van der Waals surface area contributed by atoms with Gasteiger partial charge in [0.15, 0.2) is 11.5 Å². The highest BCUT2D eigenvalue weighted by atomic mass is 19.1. The summed E-state index contributed by atoms with van der Waals surface area (Å²) in [4.78, 5) is 29.7. The number of carbonyl (C=O) groups is 2. The van der Waals surface area contributed by atoms with E-state index in [0.29, 0.717) is 29.4 Å². The fraction of sp³-hybridized carbons (Fsp3) is 0.280. The van der Waals surface area contributed by atoms with Crippen LogP contribution in [0.15, 0.2) is 65.3 Å². The zero-order valence-corrected chi connectivity index (χ0v) is 17.9. The Kier molecular flexibility index (Phi) is 5.73. The number of amides is 2. The average Bonchev–Trinajstić information content (AvgIpc) is 3.32. The van der Waals surface area contributed by atoms with Crippen LogP contribution in [0.3, 0.4) is 0 Å². The summed E-state index contributed by atoms with van der Waals surface area (Å²) in [5.41, 5.74) is 1.24. The maximum atomic E-state index is 13.4. The van der Waals surface area contributed by atoms with Crippen LogP contribution in [0.25, 0.3) is 0 Å². The van der Waals surface area contributed by atoms with Crippen molar-refractivity contribution >= 4 is 11.8 Å². The molecule has 0 spiro atoms. The zero-order valence-electron chi connectivity index (χ0n) is 17.9. The molecule has 0 unspecified atom stereocenters. The first-order chi connectivity index (χ1) is 16.1. The summed E-state index contributed by atoms with van der Waals surface area (Å²) in [6.07, 6.45) is 3.26. The Morgan fingerprint density at radius 2 is 1.76 bits per heavy atom. The minimum atomic E-state index is -0.408. The second-order valence-corrected chi connectivity index (χ2v) is 8.19. The van der Waals surface area contributed by atoms with Crippen LogP contribution in [0.2, 0.25) is 0 Å². The minimum absolute atomic E-state index is 0.0162. The van der Waals surface area contributed by atoms with E-state index in [9.17, 15) is 14.0 Å². The number of benzene rings is 2. The van der Waals surface area contributed by atoms with Crippen LogP contribution < -0.4 is 9.47 Å². The van der Waals surface area contributed by atoms with Gasteiger partial charge in [-0.15, -0.1) is 0 Å². The van der Waals surface area contributed by atoms with Crippen molar-refractivity contribution in [3.8, 4) is 11.5 Å². The molecular formula is C25H23FN2O5. The molecule has 0 bridgehead atoms. The number of rotatable bonds is 8. The standard InChI is InChI=1S/C25H23FN2O5/c26-19-6-4-18(5-7-19)25(30)28(20-8-9-20)15-24(29)27(14-21-2-1-11-31-21)13-17-3-10-22-23(12-17)33-16-32-22/h1-7,10-12,20H,8-9,13-16H2. The summed E-state index contributed by atoms with van der Waals surface area (Å²) < 4.78 is 29.6. The third-order valence-corrected chi connectivity index (χ3v) is 5.74. The molecule has 0 radical (unpaired) electrons. The van der Waals surface area contributed by atoms with Crippen molar-refractivity contribution < 1.29 is 27.9 Å². The second kappa shape index (κ2) is 8.97. The predicted octanol–water partition coefficient (Wildman–Crippen LogP) is 3.98. The van der Waals surface area contributed by atoms with Gasteiger partial charge in [-0.1, -0.05) is 6.07 Å². The van der Waals surface area contributed by atoms with Crippen molar-refractivity contribution in [3.63, 3.8) is 0 Å². The first-order valence-corrected chi connectivity index (χ1v) is 10.8. The van der Waals surface area contributed by atoms with Crippen molar-refractivity contribution in [3.05, 3.63) is 83.6 Å². The van der Waals surface area contributed by atoms with Crippen molar-refractivity contribution in [2.75, 3.05) is 13.3 Å². The lowest BCUT2D eigenvalue weighted by Crippen LogP contribution is -2.43. The Labute approximate surface area is 190 Å². The molecule has 0 saturated heterocycles. The Morgan fingerprint density at radius 1 is 0.970 bits per heavy atom. The van der Waals surface area contributed by atoms with Gasteiger partial charge in [0.2, 0.25) is 12.7 Å². The van der Waals surface area contributed by atoms with Gasteiger partial charge in [0.1, 0.15) is 18.1 Å². The van der Waals surface area contributed by atoms with Crippen LogP contribution in [-0.2, 0) is 17.9 Å². The van der Waals surface area contributed by atoms with Gasteiger partial charge in [-0.25, -0.2) is 4.39 Å². The van der Waals surface area contributed by atoms with Crippen molar-refractivity contribution in [1.82, 2.24) is 9.80 Å². The normalized spacial score (nSPS) is 14.2. The van der Waals surface area contributed by atoms with Gasteiger partial charge < -0.3 is 23.7 Å². The lowest BCUT2D eigenvalue weighted by molar-refractivity contribution is -0.133. The SMILES string of the molecule is O=C(CN(C(=O)c1ccc(F)cc1)C1CC1)N(Cc1ccc2c(c1)OCO2)Cc1ccco1. The van der Waals surface area contributed by atoms with Crippen LogP contribution in [-0.4, -0.2) is 41.0 Å². The highest BCUT2D eigenvalue weighted by Crippen LogP contribution is 2.33. The van der Waals surface area contributed by atoms with Crippen molar-refractivity contribution in [1.29, 1.82) is 0 Å². The highest BCUT2D eigenvalue weighted by Gasteiger charge is 2.35. The predicted molar refractivity (Wildman–Crippen MR) is 116 cm³/mol. The Bertz CT molecular complexity index is 1140. The largest absolute Gasteiger partial charge is 0.467 e. The molecule has 3 aromatic rings. The third-order valence-electron chi connectivity index (χ3n) is 5.74. The van der Waals surface area contributed by atoms with E-state index < -0.39 is 5.82 Å². The van der Waals surface area contributed by atoms with Crippen LogP contribution in [0, 0.1) is 5.82 Å². The van der Waals surface area contributed by atoms with E-state index in [1.807, 2.05) is 24.3 Å². The molecule has 0 atom stereocenters. The molecule has 1 aromatic heterocycles. The van der Waals surface area contributed by atoms with Gasteiger partial charge in [0.25, 0.3) is 5.91 Å². The van der Waals surface area contributed by atoms with Gasteiger partial charge in [0, 0.05) is 18.2 Å². The minimum Gasteiger partial charge on any atom is -0.467 e. The number of hydrogen-bond donors (Lipinski definition) is 0. The molecule has 2 aliphatic rings. The van der Waals surface area contributed by atoms with Gasteiger partial charge in [-0.3, -0.25) is 9.59 Å². The number of hydrogen-bond acceptors (Lipinski definition) is 5. The second-order valence-electron chi connectivity index (χ2n) is 8.19. The van der Waals surface area contributed by atoms with Crippen LogP contribution in [0.1, 0.15) is 34.5 Å². The van der Waals surface area contributed by atoms with Gasteiger partial charge >= 0.3 is 0 Å². The molecule has 1 aliphatic heterocycles. The first kappa shape index (κ1) is 21.1. The van der Waals surface area contributed by atoms with E-state index in [2.05, 4.69) is 0 Å². The zero-order chi connectivity index (χ0) is 22.8. The van der Waals surface area contributed by atoms with E-state index in [1.54, 1.807) is 22.1 Å². The fourth-order valence-electron chi connectivity index (χ4n) is 3.84. The molecule has 0 N–H and O–H groups in total. The monoisotopic (exact) mass is 450 g/mol. The number of nitrogens with zero attached hydrogens (tertiary/aromatic N) is 2. The number of halogens is 1. The average molecular weight is 450 g/mol. The summed E-state index contributed by atoms with van der Waals surface area (Å²) in [6.45, 7) is 0.699. The van der Waals surface area contributed by atoms with Crippen LogP contribution in [0.5, 0.6) is 11.5 Å². The number of fused-ring (bicyclic) bond motifs is 1. The lowest BCUT2D eigenvalue weighted by Gasteiger charge is -2.27. The molecule has 5 rings (SSSR count). The van der Waals surface area contributed by atoms with Gasteiger partial charge in [0.05, 0.1) is 12.8 Å². The molecule has 1 saturated carbocycles. The molecule has 2 aromatic carbocycles. The maximum absolute atomic E-state index is 13.4. The third kappa shape index (κ3) is 4.84. The summed E-state index contributed by atoms with van der Waals surface area (Å²) in [5, 5.41) is 0. The van der Waals surface area contributed by atoms with Crippen molar-refractivity contribution in [2.24, 2.45) is 0 Å². The Morgan fingerprint density at radius 3 is 2.48 bits per heavy atom. The molecule has 33 heavy (non-hydrogen) atoms. The summed E-state index contributed by atoms with van der Waals surface area (Å²) in [5.74, 6) is 1.08. The molecule has 2 heterocycles. The molecule has 7 nitrogen and oxygen atoms in total.